The van der Waals surface area contributed by atoms with Gasteiger partial charge in [-0.25, -0.2) is 4.39 Å². The average Bonchev–Trinajstić information content (AvgIpc) is 2.68. The molecule has 0 spiro atoms. The fraction of sp³-hybridized carbons (Fsp3) is 0.136. The molecule has 0 aromatic heterocycles. The summed E-state index contributed by atoms with van der Waals surface area (Å²) < 4.78 is 14.5. The number of carbonyl (C=O) groups excluding carboxylic acids is 1. The van der Waals surface area contributed by atoms with Crippen molar-refractivity contribution in [2.24, 2.45) is 0 Å². The highest BCUT2D eigenvalue weighted by Gasteiger charge is 2.17. The van der Waals surface area contributed by atoms with Crippen LogP contribution in [0.5, 0.6) is 0 Å². The van der Waals surface area contributed by atoms with E-state index in [1.54, 1.807) is 43.3 Å². The molecule has 2 N–H and O–H groups in total. The predicted molar refractivity (Wildman–Crippen MR) is 101 cm³/mol. The largest absolute Gasteiger partial charge is 0.392 e. The summed E-state index contributed by atoms with van der Waals surface area (Å²) in [5, 5.41) is 11.9. The summed E-state index contributed by atoms with van der Waals surface area (Å²) in [4.78, 5) is 12.5. The number of anilines is 1. The molecule has 1 unspecified atom stereocenters. The second-order valence-corrected chi connectivity index (χ2v) is 6.17. The highest BCUT2D eigenvalue weighted by molar-refractivity contribution is 5.95. The minimum Gasteiger partial charge on any atom is -0.392 e. The van der Waals surface area contributed by atoms with E-state index in [9.17, 15) is 9.18 Å². The molecule has 3 aromatic carbocycles. The Balaban J connectivity index is 1.75. The molecule has 3 rings (SSSR count). The highest BCUT2D eigenvalue weighted by atomic mass is 19.1. The second-order valence-electron chi connectivity index (χ2n) is 6.17. The van der Waals surface area contributed by atoms with E-state index in [1.165, 1.54) is 6.07 Å². The first-order valence-corrected chi connectivity index (χ1v) is 8.44. The molecule has 0 aliphatic heterocycles. The van der Waals surface area contributed by atoms with Crippen molar-refractivity contribution >= 4 is 11.6 Å². The molecule has 3 nitrogen and oxygen atoms in total. The average molecular weight is 349 g/mol. The monoisotopic (exact) mass is 349 g/mol. The Labute approximate surface area is 152 Å². The van der Waals surface area contributed by atoms with Gasteiger partial charge in [-0.2, -0.15) is 0 Å². The number of hydrogen-bond acceptors (Lipinski definition) is 2. The minimum atomic E-state index is -0.494. The Morgan fingerprint density at radius 3 is 2.35 bits per heavy atom. The van der Waals surface area contributed by atoms with Gasteiger partial charge in [-0.1, -0.05) is 54.6 Å². The molecule has 3 aromatic rings. The first-order chi connectivity index (χ1) is 12.6. The van der Waals surface area contributed by atoms with Crippen molar-refractivity contribution < 1.29 is 14.3 Å². The van der Waals surface area contributed by atoms with Crippen molar-refractivity contribution in [3.63, 3.8) is 0 Å². The molecular weight excluding hydrogens is 329 g/mol. The smallest absolute Gasteiger partial charge is 0.231 e. The van der Waals surface area contributed by atoms with Gasteiger partial charge in [0.15, 0.2) is 0 Å². The Morgan fingerprint density at radius 1 is 1.04 bits per heavy atom. The van der Waals surface area contributed by atoms with Gasteiger partial charge in [0.2, 0.25) is 5.91 Å². The number of aliphatic hydroxyl groups excluding tert-OH is 1. The number of amides is 1. The second kappa shape index (κ2) is 7.93. The summed E-state index contributed by atoms with van der Waals surface area (Å²) in [6, 6.07) is 21.2. The number of nitrogens with one attached hydrogen (secondary N) is 1. The van der Waals surface area contributed by atoms with E-state index in [2.05, 4.69) is 5.32 Å². The minimum absolute atomic E-state index is 0.0440. The summed E-state index contributed by atoms with van der Waals surface area (Å²) >= 11 is 0. The Morgan fingerprint density at radius 2 is 1.73 bits per heavy atom. The van der Waals surface area contributed by atoms with Crippen molar-refractivity contribution in [3.8, 4) is 11.1 Å². The quantitative estimate of drug-likeness (QED) is 0.700. The van der Waals surface area contributed by atoms with E-state index < -0.39 is 5.92 Å². The molecule has 1 atom stereocenters. The van der Waals surface area contributed by atoms with E-state index in [-0.39, 0.29) is 18.3 Å². The third kappa shape index (κ3) is 3.98. The lowest BCUT2D eigenvalue weighted by Crippen LogP contribution is -2.19. The van der Waals surface area contributed by atoms with Crippen molar-refractivity contribution in [2.45, 2.75) is 19.4 Å². The SMILES string of the molecule is CC(C(=O)Nc1ccc(CO)cc1)c1ccc(-c2ccccc2)c(F)c1. The maximum absolute atomic E-state index is 14.5. The summed E-state index contributed by atoms with van der Waals surface area (Å²) in [6.45, 7) is 1.70. The molecule has 0 aliphatic rings. The van der Waals surface area contributed by atoms with E-state index in [0.717, 1.165) is 11.1 Å². The molecule has 0 saturated carbocycles. The van der Waals surface area contributed by atoms with Crippen molar-refractivity contribution in [3.05, 3.63) is 89.7 Å². The molecule has 0 saturated heterocycles. The lowest BCUT2D eigenvalue weighted by Gasteiger charge is -2.14. The fourth-order valence-electron chi connectivity index (χ4n) is 2.75. The molecule has 0 heterocycles. The highest BCUT2D eigenvalue weighted by Crippen LogP contribution is 2.27. The van der Waals surface area contributed by atoms with Gasteiger partial charge in [0, 0.05) is 11.3 Å². The number of halogens is 1. The van der Waals surface area contributed by atoms with Crippen LogP contribution in [0.1, 0.15) is 24.0 Å². The number of aliphatic hydroxyl groups is 1. The fourth-order valence-corrected chi connectivity index (χ4v) is 2.75. The Hall–Kier alpha value is -2.98. The lowest BCUT2D eigenvalue weighted by atomic mass is 9.96. The van der Waals surface area contributed by atoms with Crippen LogP contribution in [0.25, 0.3) is 11.1 Å². The van der Waals surface area contributed by atoms with Crippen molar-refractivity contribution in [1.29, 1.82) is 0 Å². The summed E-state index contributed by atoms with van der Waals surface area (Å²) in [6.07, 6.45) is 0. The maximum atomic E-state index is 14.5. The summed E-state index contributed by atoms with van der Waals surface area (Å²) in [5.74, 6) is -1.05. The molecule has 1 amide bonds. The van der Waals surface area contributed by atoms with Crippen LogP contribution in [-0.2, 0) is 11.4 Å². The molecule has 0 bridgehead atoms. The van der Waals surface area contributed by atoms with Gasteiger partial charge in [-0.3, -0.25) is 4.79 Å². The third-order valence-electron chi connectivity index (χ3n) is 4.38. The van der Waals surface area contributed by atoms with E-state index in [0.29, 0.717) is 16.8 Å². The van der Waals surface area contributed by atoms with Gasteiger partial charge >= 0.3 is 0 Å². The first-order valence-electron chi connectivity index (χ1n) is 8.44. The predicted octanol–water partition coefficient (Wildman–Crippen LogP) is 4.73. The number of rotatable bonds is 5. The van der Waals surface area contributed by atoms with E-state index >= 15 is 0 Å². The van der Waals surface area contributed by atoms with Crippen LogP contribution in [0, 0.1) is 5.82 Å². The van der Waals surface area contributed by atoms with Gasteiger partial charge in [0.05, 0.1) is 12.5 Å². The number of benzene rings is 3. The van der Waals surface area contributed by atoms with Crippen molar-refractivity contribution in [2.75, 3.05) is 5.32 Å². The molecule has 4 heteroatoms. The molecule has 0 radical (unpaired) electrons. The standard InChI is InChI=1S/C22H20FNO2/c1-15(22(26)24-19-10-7-16(14-25)8-11-19)18-9-12-20(21(23)13-18)17-5-3-2-4-6-17/h2-13,15,25H,14H2,1H3,(H,24,26). The number of hydrogen-bond donors (Lipinski definition) is 2. The van der Waals surface area contributed by atoms with E-state index in [4.69, 9.17) is 5.11 Å². The van der Waals surface area contributed by atoms with Crippen LogP contribution in [0.3, 0.4) is 0 Å². The van der Waals surface area contributed by atoms with Gasteiger partial charge in [0.25, 0.3) is 0 Å². The van der Waals surface area contributed by atoms with Gasteiger partial charge in [0.1, 0.15) is 5.82 Å². The summed E-state index contributed by atoms with van der Waals surface area (Å²) in [7, 11) is 0. The van der Waals surface area contributed by atoms with Gasteiger partial charge in [-0.05, 0) is 41.8 Å². The molecule has 0 aliphatic carbocycles. The van der Waals surface area contributed by atoms with Crippen LogP contribution in [0.15, 0.2) is 72.8 Å². The van der Waals surface area contributed by atoms with E-state index in [1.807, 2.05) is 30.3 Å². The summed E-state index contributed by atoms with van der Waals surface area (Å²) in [5.41, 5.74) is 3.35. The number of carbonyl (C=O) groups is 1. The van der Waals surface area contributed by atoms with Crippen LogP contribution in [-0.4, -0.2) is 11.0 Å². The molecule has 0 fully saturated rings. The lowest BCUT2D eigenvalue weighted by molar-refractivity contribution is -0.117. The van der Waals surface area contributed by atoms with Crippen molar-refractivity contribution in [1.82, 2.24) is 0 Å². The topological polar surface area (TPSA) is 49.3 Å². The zero-order chi connectivity index (χ0) is 18.5. The Kier molecular flexibility index (Phi) is 5.44. The zero-order valence-corrected chi connectivity index (χ0v) is 14.4. The van der Waals surface area contributed by atoms with Crippen LogP contribution in [0.2, 0.25) is 0 Å². The van der Waals surface area contributed by atoms with Gasteiger partial charge < -0.3 is 10.4 Å². The molecule has 26 heavy (non-hydrogen) atoms. The molecule has 132 valence electrons. The van der Waals surface area contributed by atoms with Crippen LogP contribution in [0.4, 0.5) is 10.1 Å². The van der Waals surface area contributed by atoms with Crippen LogP contribution < -0.4 is 5.32 Å². The van der Waals surface area contributed by atoms with Gasteiger partial charge in [-0.15, -0.1) is 0 Å². The zero-order valence-electron chi connectivity index (χ0n) is 14.4. The molecular formula is C22H20FNO2. The maximum Gasteiger partial charge on any atom is 0.231 e. The first kappa shape index (κ1) is 17.8. The third-order valence-corrected chi connectivity index (χ3v) is 4.38. The van der Waals surface area contributed by atoms with Crippen LogP contribution >= 0.6 is 0 Å². The Bertz CT molecular complexity index is 892. The normalized spacial score (nSPS) is 11.8.